The van der Waals surface area contributed by atoms with Gasteiger partial charge in [-0.1, -0.05) is 17.7 Å². The third kappa shape index (κ3) is 4.90. The van der Waals surface area contributed by atoms with Gasteiger partial charge in [-0.15, -0.1) is 0 Å². The summed E-state index contributed by atoms with van der Waals surface area (Å²) in [7, 11) is 1.56. The van der Waals surface area contributed by atoms with Gasteiger partial charge in [-0.25, -0.2) is 0 Å². The lowest BCUT2D eigenvalue weighted by molar-refractivity contribution is 0.0984. The van der Waals surface area contributed by atoms with Gasteiger partial charge in [0.25, 0.3) is 11.5 Å². The normalized spacial score (nSPS) is 10.8. The Labute approximate surface area is 192 Å². The summed E-state index contributed by atoms with van der Waals surface area (Å²) < 4.78 is 10.8. The highest BCUT2D eigenvalue weighted by Gasteiger charge is 2.20. The first-order chi connectivity index (χ1) is 16.0. The van der Waals surface area contributed by atoms with Gasteiger partial charge in [0.2, 0.25) is 0 Å². The number of carbonyl (C=O) groups is 1. The van der Waals surface area contributed by atoms with E-state index in [0.29, 0.717) is 34.9 Å². The number of fused-ring (bicyclic) bond motifs is 1. The van der Waals surface area contributed by atoms with Crippen LogP contribution < -0.4 is 19.9 Å². The second kappa shape index (κ2) is 9.61. The standard InChI is InChI=1S/C27H26N2O4/c1-4-33-23-11-9-22(10-12-23)29(27(31)19-6-5-7-24(16-19)32-3)17-21-15-20-14-18(2)8-13-25(20)28-26(21)30/h5-16H,4,17H2,1-3H3,(H,28,30). The van der Waals surface area contributed by atoms with Crippen LogP contribution in [0.5, 0.6) is 11.5 Å². The van der Waals surface area contributed by atoms with E-state index in [0.717, 1.165) is 16.5 Å². The number of benzene rings is 3. The van der Waals surface area contributed by atoms with Crippen molar-refractivity contribution in [1.29, 1.82) is 0 Å². The molecule has 6 nitrogen and oxygen atoms in total. The number of methoxy groups -OCH3 is 1. The number of nitrogens with one attached hydrogen (secondary N) is 1. The lowest BCUT2D eigenvalue weighted by atomic mass is 10.1. The van der Waals surface area contributed by atoms with Crippen LogP contribution in [0.2, 0.25) is 0 Å². The van der Waals surface area contributed by atoms with Crippen LogP contribution in [0.15, 0.2) is 77.6 Å². The third-order valence-corrected chi connectivity index (χ3v) is 5.43. The molecule has 0 aliphatic rings. The number of aryl methyl sites for hydroxylation is 1. The molecule has 1 amide bonds. The van der Waals surface area contributed by atoms with E-state index in [1.807, 2.05) is 62.4 Å². The molecule has 0 spiro atoms. The van der Waals surface area contributed by atoms with E-state index in [9.17, 15) is 9.59 Å². The minimum absolute atomic E-state index is 0.114. The van der Waals surface area contributed by atoms with Crippen LogP contribution in [0.4, 0.5) is 5.69 Å². The highest BCUT2D eigenvalue weighted by molar-refractivity contribution is 6.06. The first kappa shape index (κ1) is 22.1. The molecule has 4 rings (SSSR count). The van der Waals surface area contributed by atoms with Gasteiger partial charge in [-0.05, 0) is 79.9 Å². The number of rotatable bonds is 7. The van der Waals surface area contributed by atoms with Crippen molar-refractivity contribution < 1.29 is 14.3 Å². The van der Waals surface area contributed by atoms with E-state index in [2.05, 4.69) is 4.98 Å². The molecule has 3 aromatic carbocycles. The lowest BCUT2D eigenvalue weighted by Crippen LogP contribution is -2.32. The summed E-state index contributed by atoms with van der Waals surface area (Å²) in [6, 6.07) is 22.0. The molecule has 0 aliphatic carbocycles. The molecule has 33 heavy (non-hydrogen) atoms. The predicted octanol–water partition coefficient (Wildman–Crippen LogP) is 5.09. The van der Waals surface area contributed by atoms with Crippen molar-refractivity contribution in [2.24, 2.45) is 0 Å². The summed E-state index contributed by atoms with van der Waals surface area (Å²) in [5.74, 6) is 1.07. The van der Waals surface area contributed by atoms with E-state index in [1.165, 1.54) is 0 Å². The number of anilines is 1. The third-order valence-electron chi connectivity index (χ3n) is 5.43. The van der Waals surface area contributed by atoms with Crippen molar-refractivity contribution in [1.82, 2.24) is 4.98 Å². The summed E-state index contributed by atoms with van der Waals surface area (Å²) in [5.41, 5.74) is 3.27. The van der Waals surface area contributed by atoms with Crippen LogP contribution in [0.3, 0.4) is 0 Å². The number of ether oxygens (including phenoxy) is 2. The van der Waals surface area contributed by atoms with Gasteiger partial charge in [-0.3, -0.25) is 9.59 Å². The molecular formula is C27H26N2O4. The Morgan fingerprint density at radius 1 is 0.970 bits per heavy atom. The van der Waals surface area contributed by atoms with Gasteiger partial charge in [0.1, 0.15) is 11.5 Å². The molecule has 0 aliphatic heterocycles. The smallest absolute Gasteiger partial charge is 0.258 e. The number of hydrogen-bond acceptors (Lipinski definition) is 4. The first-order valence-electron chi connectivity index (χ1n) is 10.8. The fourth-order valence-electron chi connectivity index (χ4n) is 3.74. The van der Waals surface area contributed by atoms with Crippen LogP contribution in [0.25, 0.3) is 10.9 Å². The summed E-state index contributed by atoms with van der Waals surface area (Å²) in [4.78, 5) is 31.0. The van der Waals surface area contributed by atoms with Gasteiger partial charge < -0.3 is 19.4 Å². The zero-order valence-corrected chi connectivity index (χ0v) is 18.9. The Morgan fingerprint density at radius 3 is 2.48 bits per heavy atom. The predicted molar refractivity (Wildman–Crippen MR) is 130 cm³/mol. The SMILES string of the molecule is CCOc1ccc(N(Cc2cc3cc(C)ccc3[nH]c2=O)C(=O)c2cccc(OC)c2)cc1. The second-order valence-corrected chi connectivity index (χ2v) is 7.76. The van der Waals surface area contributed by atoms with Crippen LogP contribution >= 0.6 is 0 Å². The van der Waals surface area contributed by atoms with Crippen LogP contribution in [0.1, 0.15) is 28.4 Å². The molecule has 6 heteroatoms. The van der Waals surface area contributed by atoms with Gasteiger partial charge in [-0.2, -0.15) is 0 Å². The Hall–Kier alpha value is -4.06. The van der Waals surface area contributed by atoms with Crippen molar-refractivity contribution in [2.45, 2.75) is 20.4 Å². The minimum Gasteiger partial charge on any atom is -0.497 e. The monoisotopic (exact) mass is 442 g/mol. The second-order valence-electron chi connectivity index (χ2n) is 7.76. The Bertz CT molecular complexity index is 1340. The quantitative estimate of drug-likeness (QED) is 0.433. The van der Waals surface area contributed by atoms with E-state index < -0.39 is 0 Å². The zero-order valence-electron chi connectivity index (χ0n) is 18.9. The maximum Gasteiger partial charge on any atom is 0.258 e. The summed E-state index contributed by atoms with van der Waals surface area (Å²) >= 11 is 0. The molecule has 0 unspecified atom stereocenters. The van der Waals surface area contributed by atoms with Crippen molar-refractivity contribution >= 4 is 22.5 Å². The average Bonchev–Trinajstić information content (AvgIpc) is 2.83. The van der Waals surface area contributed by atoms with Gasteiger partial charge in [0, 0.05) is 22.3 Å². The van der Waals surface area contributed by atoms with E-state index in [4.69, 9.17) is 9.47 Å². The molecule has 168 valence electrons. The number of nitrogens with zero attached hydrogens (tertiary/aromatic N) is 1. The van der Waals surface area contributed by atoms with E-state index >= 15 is 0 Å². The number of hydrogen-bond donors (Lipinski definition) is 1. The fraction of sp³-hybridized carbons (Fsp3) is 0.185. The molecule has 0 fully saturated rings. The molecule has 0 radical (unpaired) electrons. The largest absolute Gasteiger partial charge is 0.497 e. The molecule has 1 aromatic heterocycles. The number of pyridine rings is 1. The number of aromatic nitrogens is 1. The molecule has 0 saturated heterocycles. The lowest BCUT2D eigenvalue weighted by Gasteiger charge is -2.23. The summed E-state index contributed by atoms with van der Waals surface area (Å²) in [6.45, 7) is 4.59. The molecular weight excluding hydrogens is 416 g/mol. The maximum atomic E-state index is 13.6. The summed E-state index contributed by atoms with van der Waals surface area (Å²) in [5, 5.41) is 0.921. The van der Waals surface area contributed by atoms with Crippen LogP contribution in [0, 0.1) is 6.92 Å². The molecule has 0 atom stereocenters. The average molecular weight is 443 g/mol. The molecule has 4 aromatic rings. The van der Waals surface area contributed by atoms with E-state index in [-0.39, 0.29) is 18.0 Å². The van der Waals surface area contributed by atoms with Crippen LogP contribution in [-0.2, 0) is 6.54 Å². The molecule has 1 N–H and O–H groups in total. The fourth-order valence-corrected chi connectivity index (χ4v) is 3.74. The Morgan fingerprint density at radius 2 is 1.76 bits per heavy atom. The van der Waals surface area contributed by atoms with Crippen molar-refractivity contribution in [2.75, 3.05) is 18.6 Å². The minimum atomic E-state index is -0.234. The zero-order chi connectivity index (χ0) is 23.4. The number of carbonyl (C=O) groups excluding carboxylic acids is 1. The molecule has 0 bridgehead atoms. The Kier molecular flexibility index (Phi) is 6.45. The Balaban J connectivity index is 1.76. The van der Waals surface area contributed by atoms with Gasteiger partial charge in [0.05, 0.1) is 20.3 Å². The number of amides is 1. The summed E-state index contributed by atoms with van der Waals surface area (Å²) in [6.07, 6.45) is 0. The highest BCUT2D eigenvalue weighted by atomic mass is 16.5. The van der Waals surface area contributed by atoms with E-state index in [1.54, 1.807) is 36.3 Å². The van der Waals surface area contributed by atoms with Crippen molar-refractivity contribution in [3.05, 3.63) is 99.8 Å². The van der Waals surface area contributed by atoms with Gasteiger partial charge >= 0.3 is 0 Å². The van der Waals surface area contributed by atoms with Crippen LogP contribution in [-0.4, -0.2) is 24.6 Å². The van der Waals surface area contributed by atoms with Gasteiger partial charge in [0.15, 0.2) is 0 Å². The number of aromatic amines is 1. The molecule has 1 heterocycles. The first-order valence-corrected chi connectivity index (χ1v) is 10.8. The van der Waals surface area contributed by atoms with Crippen molar-refractivity contribution in [3.63, 3.8) is 0 Å². The van der Waals surface area contributed by atoms with Crippen molar-refractivity contribution in [3.8, 4) is 11.5 Å². The highest BCUT2D eigenvalue weighted by Crippen LogP contribution is 2.25. The maximum absolute atomic E-state index is 13.6. The molecule has 0 saturated carbocycles. The number of H-pyrrole nitrogens is 1. The topological polar surface area (TPSA) is 71.6 Å².